The van der Waals surface area contributed by atoms with Crippen LogP contribution < -0.4 is 4.90 Å². The molecule has 0 radical (unpaired) electrons. The van der Waals surface area contributed by atoms with E-state index in [0.717, 1.165) is 21.7 Å². The Balaban J connectivity index is 0.00000300. The van der Waals surface area contributed by atoms with Crippen molar-refractivity contribution in [3.63, 3.8) is 0 Å². The first-order valence-corrected chi connectivity index (χ1v) is 11.0. The fourth-order valence-electron chi connectivity index (χ4n) is 2.55. The van der Waals surface area contributed by atoms with E-state index in [1.165, 1.54) is 23.5 Å². The van der Waals surface area contributed by atoms with Gasteiger partial charge in [0.05, 0.1) is 10.2 Å². The van der Waals surface area contributed by atoms with E-state index in [0.29, 0.717) is 28.9 Å². The number of nitrogens with zero attached hydrogens (tertiary/aromatic N) is 3. The van der Waals surface area contributed by atoms with E-state index in [2.05, 4.69) is 4.98 Å². The smallest absolute Gasteiger partial charge is 0.229 e. The van der Waals surface area contributed by atoms with E-state index in [4.69, 9.17) is 11.6 Å². The number of rotatable bonds is 8. The molecule has 0 N–H and O–H groups in total. The number of fused-ring (bicyclic) bond motifs is 1. The second-order valence-electron chi connectivity index (χ2n) is 6.51. The summed E-state index contributed by atoms with van der Waals surface area (Å²) in [6.07, 6.45) is 0.381. The predicted octanol–water partition coefficient (Wildman–Crippen LogP) is 5.59. The van der Waals surface area contributed by atoms with E-state index in [1.807, 2.05) is 31.1 Å². The first-order valence-electron chi connectivity index (χ1n) is 8.82. The Morgan fingerprint density at radius 2 is 1.90 bits per heavy atom. The molecule has 3 aromatic rings. The van der Waals surface area contributed by atoms with Crippen molar-refractivity contribution in [1.82, 2.24) is 9.88 Å². The number of halogens is 3. The van der Waals surface area contributed by atoms with Crippen LogP contribution in [-0.2, 0) is 4.79 Å². The van der Waals surface area contributed by atoms with Gasteiger partial charge in [-0.25, -0.2) is 9.37 Å². The van der Waals surface area contributed by atoms with Crippen molar-refractivity contribution in [3.8, 4) is 0 Å². The molecule has 1 aromatic heterocycles. The van der Waals surface area contributed by atoms with Gasteiger partial charge in [-0.05, 0) is 56.6 Å². The summed E-state index contributed by atoms with van der Waals surface area (Å²) in [6, 6.07) is 11.9. The topological polar surface area (TPSA) is 36.4 Å². The number of hydrogen-bond donors (Lipinski definition) is 0. The van der Waals surface area contributed by atoms with Crippen molar-refractivity contribution < 1.29 is 9.18 Å². The summed E-state index contributed by atoms with van der Waals surface area (Å²) < 4.78 is 14.0. The molecule has 0 spiro atoms. The Morgan fingerprint density at radius 1 is 1.17 bits per heavy atom. The minimum absolute atomic E-state index is 0. The lowest BCUT2D eigenvalue weighted by atomic mass is 10.3. The minimum atomic E-state index is -0.258. The van der Waals surface area contributed by atoms with Crippen molar-refractivity contribution in [1.29, 1.82) is 0 Å². The Bertz CT molecular complexity index is 951. The number of thioether (sulfide) groups is 1. The van der Waals surface area contributed by atoms with Crippen LogP contribution in [0.25, 0.3) is 10.2 Å². The summed E-state index contributed by atoms with van der Waals surface area (Å²) in [5, 5.41) is 1.35. The van der Waals surface area contributed by atoms with Crippen molar-refractivity contribution in [2.75, 3.05) is 37.8 Å². The molecule has 0 aliphatic rings. The van der Waals surface area contributed by atoms with E-state index >= 15 is 0 Å². The van der Waals surface area contributed by atoms with Crippen molar-refractivity contribution in [2.24, 2.45) is 0 Å². The number of anilines is 1. The molecular formula is C20H22Cl2FN3OS2. The van der Waals surface area contributed by atoms with Gasteiger partial charge in [0, 0.05) is 35.2 Å². The van der Waals surface area contributed by atoms with Gasteiger partial charge in [-0.2, -0.15) is 0 Å². The molecule has 1 heterocycles. The normalized spacial score (nSPS) is 10.9. The molecule has 0 aliphatic heterocycles. The number of likely N-dealkylation sites (N-methyl/N-ethyl adjacent to an activating group) is 1. The molecule has 0 unspecified atom stereocenters. The lowest BCUT2D eigenvalue weighted by molar-refractivity contribution is -0.118. The minimum Gasteiger partial charge on any atom is -0.308 e. The Labute approximate surface area is 189 Å². The van der Waals surface area contributed by atoms with Crippen LogP contribution in [-0.4, -0.2) is 48.7 Å². The Hall–Kier alpha value is -1.38. The second kappa shape index (κ2) is 11.1. The largest absolute Gasteiger partial charge is 0.308 e. The number of hydrogen-bond acceptors (Lipinski definition) is 5. The van der Waals surface area contributed by atoms with Crippen molar-refractivity contribution in [3.05, 3.63) is 53.3 Å². The Kier molecular flexibility index (Phi) is 9.17. The summed E-state index contributed by atoms with van der Waals surface area (Å²) in [6.45, 7) is 1.31. The van der Waals surface area contributed by atoms with E-state index in [9.17, 15) is 9.18 Å². The van der Waals surface area contributed by atoms with Crippen LogP contribution in [0.5, 0.6) is 0 Å². The van der Waals surface area contributed by atoms with Crippen LogP contribution in [0.4, 0.5) is 9.52 Å². The highest BCUT2D eigenvalue weighted by atomic mass is 35.5. The SMILES string of the molecule is CN(C)CCN(C(=O)CCSc1ccc(F)cc1)c1nc2ccc(Cl)cc2s1.Cl. The molecule has 0 aliphatic carbocycles. The van der Waals surface area contributed by atoms with Crippen LogP contribution in [0.3, 0.4) is 0 Å². The highest BCUT2D eigenvalue weighted by Gasteiger charge is 2.20. The maximum Gasteiger partial charge on any atom is 0.229 e. The number of benzene rings is 2. The zero-order valence-corrected chi connectivity index (χ0v) is 19.3. The zero-order chi connectivity index (χ0) is 20.1. The zero-order valence-electron chi connectivity index (χ0n) is 16.1. The van der Waals surface area contributed by atoms with Gasteiger partial charge in [-0.3, -0.25) is 9.69 Å². The molecule has 0 saturated carbocycles. The number of aromatic nitrogens is 1. The van der Waals surface area contributed by atoms with Gasteiger partial charge in [0.2, 0.25) is 5.91 Å². The molecule has 1 amide bonds. The number of carbonyl (C=O) groups is 1. The van der Waals surface area contributed by atoms with E-state index < -0.39 is 0 Å². The van der Waals surface area contributed by atoms with Crippen molar-refractivity contribution >= 4 is 68.4 Å². The molecule has 0 atom stereocenters. The number of thiazole rings is 1. The van der Waals surface area contributed by atoms with Crippen LogP contribution in [0.1, 0.15) is 6.42 Å². The van der Waals surface area contributed by atoms with Gasteiger partial charge in [-0.1, -0.05) is 22.9 Å². The number of amides is 1. The maximum atomic E-state index is 13.0. The summed E-state index contributed by atoms with van der Waals surface area (Å²) in [5.41, 5.74) is 0.841. The molecule has 0 fully saturated rings. The molecule has 9 heteroatoms. The quantitative estimate of drug-likeness (QED) is 0.399. The Morgan fingerprint density at radius 3 is 2.59 bits per heavy atom. The first kappa shape index (κ1) is 23.9. The highest BCUT2D eigenvalue weighted by Crippen LogP contribution is 2.31. The van der Waals surface area contributed by atoms with Crippen LogP contribution in [0.2, 0.25) is 5.02 Å². The second-order valence-corrected chi connectivity index (χ2v) is 9.12. The standard InChI is InChI=1S/C20H21ClFN3OS2.ClH/c1-24(2)10-11-25(20-23-17-8-3-14(21)13-18(17)28-20)19(26)9-12-27-16-6-4-15(22)5-7-16;/h3-8,13H,9-12H2,1-2H3;1H. The maximum absolute atomic E-state index is 13.0. The van der Waals surface area contributed by atoms with Gasteiger partial charge in [-0.15, -0.1) is 24.2 Å². The average Bonchev–Trinajstić information content (AvgIpc) is 3.06. The third-order valence-corrected chi connectivity index (χ3v) is 6.33. The first-order chi connectivity index (χ1) is 13.4. The summed E-state index contributed by atoms with van der Waals surface area (Å²) in [7, 11) is 3.95. The van der Waals surface area contributed by atoms with Gasteiger partial charge >= 0.3 is 0 Å². The molecule has 0 saturated heterocycles. The van der Waals surface area contributed by atoms with Crippen molar-refractivity contribution in [2.45, 2.75) is 11.3 Å². The van der Waals surface area contributed by atoms with E-state index in [1.54, 1.807) is 34.9 Å². The predicted molar refractivity (Wildman–Crippen MR) is 125 cm³/mol. The van der Waals surface area contributed by atoms with Gasteiger partial charge in [0.25, 0.3) is 0 Å². The average molecular weight is 474 g/mol. The lowest BCUT2D eigenvalue weighted by Gasteiger charge is -2.22. The van der Waals surface area contributed by atoms with E-state index in [-0.39, 0.29) is 24.1 Å². The fraction of sp³-hybridized carbons (Fsp3) is 0.300. The third kappa shape index (κ3) is 6.83. The number of carbonyl (C=O) groups excluding carboxylic acids is 1. The molecule has 29 heavy (non-hydrogen) atoms. The monoisotopic (exact) mass is 473 g/mol. The van der Waals surface area contributed by atoms with Gasteiger partial charge in [0.15, 0.2) is 5.13 Å². The van der Waals surface area contributed by atoms with Crippen LogP contribution in [0.15, 0.2) is 47.4 Å². The summed E-state index contributed by atoms with van der Waals surface area (Å²) in [4.78, 5) is 22.3. The fourth-order valence-corrected chi connectivity index (χ4v) is 4.68. The third-order valence-electron chi connectivity index (χ3n) is 4.04. The summed E-state index contributed by atoms with van der Waals surface area (Å²) in [5.74, 6) is 0.396. The molecule has 0 bridgehead atoms. The summed E-state index contributed by atoms with van der Waals surface area (Å²) >= 11 is 9.09. The molecule has 3 rings (SSSR count). The molecule has 156 valence electrons. The highest BCUT2D eigenvalue weighted by molar-refractivity contribution is 7.99. The van der Waals surface area contributed by atoms with Crippen LogP contribution >= 0.6 is 47.1 Å². The van der Waals surface area contributed by atoms with Crippen LogP contribution in [0, 0.1) is 5.82 Å². The molecule has 4 nitrogen and oxygen atoms in total. The lowest BCUT2D eigenvalue weighted by Crippen LogP contribution is -2.36. The van der Waals surface area contributed by atoms with Gasteiger partial charge in [0.1, 0.15) is 5.82 Å². The molecule has 2 aromatic carbocycles. The molecular weight excluding hydrogens is 452 g/mol. The van der Waals surface area contributed by atoms with Gasteiger partial charge < -0.3 is 4.90 Å².